The van der Waals surface area contributed by atoms with Crippen LogP contribution in [0.15, 0.2) is 11.6 Å². The average Bonchev–Trinajstić information content (AvgIpc) is 2.94. The molecule has 166 valence electrons. The van der Waals surface area contributed by atoms with Gasteiger partial charge in [-0.3, -0.25) is 14.4 Å². The van der Waals surface area contributed by atoms with Gasteiger partial charge in [0, 0.05) is 25.7 Å². The van der Waals surface area contributed by atoms with Gasteiger partial charge in [0.25, 0.3) is 0 Å². The average molecular weight is 417 g/mol. The Morgan fingerprint density at radius 2 is 1.63 bits per heavy atom. The molecule has 0 bridgehead atoms. The summed E-state index contributed by atoms with van der Waals surface area (Å²) in [5.74, 6) is 0.939. The third-order valence-electron chi connectivity index (χ3n) is 9.40. The lowest BCUT2D eigenvalue weighted by Gasteiger charge is -2.59. The van der Waals surface area contributed by atoms with Gasteiger partial charge in [0.15, 0.2) is 11.4 Å². The second-order valence-corrected chi connectivity index (χ2v) is 10.7. The molecule has 0 heterocycles. The van der Waals surface area contributed by atoms with Crippen LogP contribution in [0, 0.1) is 28.6 Å². The topological polar surface area (TPSA) is 69.7 Å². The molecule has 5 heteroatoms. The number of hydrogen-bond donors (Lipinski definition) is 0. The predicted octanol–water partition coefficient (Wildman–Crippen LogP) is 4.77. The Hall–Kier alpha value is -1.65. The Kier molecular flexibility index (Phi) is 5.18. The van der Waals surface area contributed by atoms with Crippen molar-refractivity contribution in [2.45, 2.75) is 97.7 Å². The van der Waals surface area contributed by atoms with E-state index < -0.39 is 5.60 Å². The molecular weight excluding hydrogens is 380 g/mol. The summed E-state index contributed by atoms with van der Waals surface area (Å²) < 4.78 is 11.4. The van der Waals surface area contributed by atoms with E-state index in [1.54, 1.807) is 6.92 Å². The highest BCUT2D eigenvalue weighted by atomic mass is 16.6. The van der Waals surface area contributed by atoms with Crippen molar-refractivity contribution in [2.24, 2.45) is 28.6 Å². The lowest BCUT2D eigenvalue weighted by atomic mass is 9.46. The predicted molar refractivity (Wildman–Crippen MR) is 112 cm³/mol. The number of ether oxygens (including phenoxy) is 2. The number of ketones is 1. The zero-order chi connectivity index (χ0) is 21.9. The largest absolute Gasteiger partial charge is 0.462 e. The van der Waals surface area contributed by atoms with Gasteiger partial charge >= 0.3 is 11.9 Å². The number of rotatable bonds is 3. The van der Waals surface area contributed by atoms with Crippen LogP contribution in [0.1, 0.15) is 86.0 Å². The van der Waals surface area contributed by atoms with E-state index in [1.807, 2.05) is 0 Å². The molecule has 7 atom stereocenters. The van der Waals surface area contributed by atoms with Crippen molar-refractivity contribution in [1.82, 2.24) is 0 Å². The minimum absolute atomic E-state index is 0.00120. The summed E-state index contributed by atoms with van der Waals surface area (Å²) in [5.41, 5.74) is 0.346. The summed E-state index contributed by atoms with van der Waals surface area (Å²) in [5, 5.41) is 0. The van der Waals surface area contributed by atoms with Crippen LogP contribution in [0.5, 0.6) is 0 Å². The maximum atomic E-state index is 12.8. The van der Waals surface area contributed by atoms with Gasteiger partial charge in [-0.1, -0.05) is 25.5 Å². The van der Waals surface area contributed by atoms with E-state index in [-0.39, 0.29) is 34.7 Å². The van der Waals surface area contributed by atoms with E-state index in [4.69, 9.17) is 9.47 Å². The molecule has 0 radical (unpaired) electrons. The molecule has 0 amide bonds. The number of esters is 2. The standard InChI is InChI=1S/C25H36O5/c1-15(26)25(30-17(3)28)13-10-22-20-7-6-18-14-19(29-16(2)27)8-11-23(18,4)21(20)9-12-24(22,25)5/h6,19-22H,7-14H2,1-5H3/t19-,20+,21-,22+,23+,24-,25-/m0/s1. The number of carbonyl (C=O) groups is 3. The lowest BCUT2D eigenvalue weighted by molar-refractivity contribution is -0.186. The van der Waals surface area contributed by atoms with Crippen LogP contribution in [-0.4, -0.2) is 29.4 Å². The molecule has 5 nitrogen and oxygen atoms in total. The van der Waals surface area contributed by atoms with Crippen molar-refractivity contribution in [3.8, 4) is 0 Å². The summed E-state index contributed by atoms with van der Waals surface area (Å²) in [7, 11) is 0. The highest BCUT2D eigenvalue weighted by Crippen LogP contribution is 2.68. The van der Waals surface area contributed by atoms with Crippen LogP contribution in [0.3, 0.4) is 0 Å². The summed E-state index contributed by atoms with van der Waals surface area (Å²) in [6.07, 6.45) is 9.81. The minimum Gasteiger partial charge on any atom is -0.462 e. The van der Waals surface area contributed by atoms with Crippen LogP contribution < -0.4 is 0 Å². The smallest absolute Gasteiger partial charge is 0.303 e. The van der Waals surface area contributed by atoms with Crippen molar-refractivity contribution < 1.29 is 23.9 Å². The first-order valence-electron chi connectivity index (χ1n) is 11.6. The van der Waals surface area contributed by atoms with Crippen LogP contribution in [0.4, 0.5) is 0 Å². The van der Waals surface area contributed by atoms with E-state index in [0.717, 1.165) is 44.9 Å². The molecule has 4 aliphatic rings. The van der Waals surface area contributed by atoms with Crippen molar-refractivity contribution in [1.29, 1.82) is 0 Å². The highest BCUT2D eigenvalue weighted by Gasteiger charge is 2.67. The van der Waals surface area contributed by atoms with E-state index in [1.165, 1.54) is 19.4 Å². The first-order chi connectivity index (χ1) is 14.0. The summed E-state index contributed by atoms with van der Waals surface area (Å²) in [4.78, 5) is 36.2. The Labute approximate surface area is 179 Å². The van der Waals surface area contributed by atoms with E-state index in [0.29, 0.717) is 24.2 Å². The molecule has 0 aliphatic heterocycles. The van der Waals surface area contributed by atoms with Crippen molar-refractivity contribution in [3.63, 3.8) is 0 Å². The molecule has 3 fully saturated rings. The zero-order valence-corrected chi connectivity index (χ0v) is 19.1. The van der Waals surface area contributed by atoms with Crippen LogP contribution in [0.25, 0.3) is 0 Å². The molecule has 0 unspecified atom stereocenters. The fraction of sp³-hybridized carbons (Fsp3) is 0.800. The van der Waals surface area contributed by atoms with Gasteiger partial charge in [0.2, 0.25) is 0 Å². The number of Topliss-reactive ketones (excluding diaryl/α,β-unsaturated/α-hetero) is 1. The van der Waals surface area contributed by atoms with Gasteiger partial charge in [0.1, 0.15) is 6.10 Å². The first kappa shape index (κ1) is 21.6. The Morgan fingerprint density at radius 3 is 2.27 bits per heavy atom. The number of allylic oxidation sites excluding steroid dienone is 1. The molecule has 0 aromatic rings. The van der Waals surface area contributed by atoms with Crippen molar-refractivity contribution >= 4 is 17.7 Å². The summed E-state index contributed by atoms with van der Waals surface area (Å²) in [6, 6.07) is 0. The Bertz CT molecular complexity index is 799. The molecule has 4 aliphatic carbocycles. The van der Waals surface area contributed by atoms with E-state index in [9.17, 15) is 14.4 Å². The second kappa shape index (κ2) is 7.20. The quantitative estimate of drug-likeness (QED) is 0.489. The van der Waals surface area contributed by atoms with Crippen LogP contribution >= 0.6 is 0 Å². The molecule has 0 saturated heterocycles. The molecule has 0 aromatic carbocycles. The second-order valence-electron chi connectivity index (χ2n) is 10.7. The van der Waals surface area contributed by atoms with Gasteiger partial charge in [-0.25, -0.2) is 0 Å². The molecule has 0 spiro atoms. The number of hydrogen-bond acceptors (Lipinski definition) is 5. The zero-order valence-electron chi connectivity index (χ0n) is 19.1. The third kappa shape index (κ3) is 2.98. The van der Waals surface area contributed by atoms with Gasteiger partial charge in [-0.05, 0) is 75.0 Å². The van der Waals surface area contributed by atoms with Crippen LogP contribution in [-0.2, 0) is 23.9 Å². The summed E-state index contributed by atoms with van der Waals surface area (Å²) >= 11 is 0. The van der Waals surface area contributed by atoms with Crippen molar-refractivity contribution in [2.75, 3.05) is 0 Å². The van der Waals surface area contributed by atoms with Gasteiger partial charge in [0.05, 0.1) is 0 Å². The van der Waals surface area contributed by atoms with Crippen molar-refractivity contribution in [3.05, 3.63) is 11.6 Å². The van der Waals surface area contributed by atoms with Gasteiger partial charge < -0.3 is 9.47 Å². The molecule has 0 N–H and O–H groups in total. The van der Waals surface area contributed by atoms with Crippen LogP contribution in [0.2, 0.25) is 0 Å². The Morgan fingerprint density at radius 1 is 0.933 bits per heavy atom. The molecule has 4 rings (SSSR count). The molecule has 0 aromatic heterocycles. The van der Waals surface area contributed by atoms with E-state index >= 15 is 0 Å². The SMILES string of the molecule is CC(=O)O[C@H]1CC[C@]2(C)C(=CC[C@H]3[C@H]4CC[C@](OC(C)=O)(C(C)=O)[C@@]4(C)CC[C@@H]32)C1. The monoisotopic (exact) mass is 416 g/mol. The fourth-order valence-corrected chi connectivity index (χ4v) is 8.02. The fourth-order valence-electron chi connectivity index (χ4n) is 8.02. The van der Waals surface area contributed by atoms with E-state index in [2.05, 4.69) is 19.9 Å². The molecule has 3 saturated carbocycles. The molecular formula is C25H36O5. The van der Waals surface area contributed by atoms with Gasteiger partial charge in [-0.15, -0.1) is 0 Å². The molecule has 30 heavy (non-hydrogen) atoms. The highest BCUT2D eigenvalue weighted by molar-refractivity contribution is 5.89. The maximum Gasteiger partial charge on any atom is 0.303 e. The maximum absolute atomic E-state index is 12.8. The number of carbonyl (C=O) groups excluding carboxylic acids is 3. The lowest BCUT2D eigenvalue weighted by Crippen LogP contribution is -2.58. The Balaban J connectivity index is 1.63. The normalized spacial score (nSPS) is 44.8. The minimum atomic E-state index is -0.966. The first-order valence-corrected chi connectivity index (χ1v) is 11.6. The van der Waals surface area contributed by atoms with Gasteiger partial charge in [-0.2, -0.15) is 0 Å². The number of fused-ring (bicyclic) bond motifs is 5. The summed E-state index contributed by atoms with van der Waals surface area (Å²) in [6.45, 7) is 9.11. The third-order valence-corrected chi connectivity index (χ3v) is 9.40.